The molecular formula is C13H18N4O5S. The zero-order valence-electron chi connectivity index (χ0n) is 12.6. The molecule has 1 aromatic rings. The van der Waals surface area contributed by atoms with Crippen LogP contribution in [-0.4, -0.2) is 68.3 Å². The molecule has 1 fully saturated rings. The Balaban J connectivity index is 1.92. The summed E-state index contributed by atoms with van der Waals surface area (Å²) < 4.78 is 26.5. The van der Waals surface area contributed by atoms with Gasteiger partial charge >= 0.3 is 6.09 Å². The first-order valence-electron chi connectivity index (χ1n) is 7.05. The number of hydrogen-bond acceptors (Lipinski definition) is 5. The van der Waals surface area contributed by atoms with Gasteiger partial charge in [-0.15, -0.1) is 0 Å². The van der Waals surface area contributed by atoms with Gasteiger partial charge in [0.2, 0.25) is 0 Å². The summed E-state index contributed by atoms with van der Waals surface area (Å²) in [6.45, 7) is 3.73. The number of pyridine rings is 1. The minimum atomic E-state index is -2.21. The number of anilines is 1. The molecule has 0 saturated carbocycles. The number of hydrogen-bond donors (Lipinski definition) is 2. The number of aromatic nitrogens is 1. The first kappa shape index (κ1) is 17.2. The molecule has 126 valence electrons. The molecule has 1 aromatic heterocycles. The van der Waals surface area contributed by atoms with E-state index in [2.05, 4.69) is 9.71 Å². The van der Waals surface area contributed by atoms with E-state index < -0.39 is 11.3 Å². The molecule has 0 aliphatic carbocycles. The molecule has 23 heavy (non-hydrogen) atoms. The number of amides is 2. The molecule has 0 aromatic carbocycles. The Morgan fingerprint density at radius 2 is 1.96 bits per heavy atom. The highest BCUT2D eigenvalue weighted by molar-refractivity contribution is 7.80. The topological polar surface area (TPSA) is 112 Å². The van der Waals surface area contributed by atoms with Crippen molar-refractivity contribution in [2.24, 2.45) is 0 Å². The molecule has 1 aliphatic rings. The largest absolute Gasteiger partial charge is 0.450 e. The number of piperazine rings is 1. The molecule has 2 heterocycles. The molecule has 9 nitrogen and oxygen atoms in total. The van der Waals surface area contributed by atoms with Crippen molar-refractivity contribution in [3.63, 3.8) is 0 Å². The number of carbonyl (C=O) groups excluding carboxylic acids is 2. The molecular weight excluding hydrogens is 324 g/mol. The van der Waals surface area contributed by atoms with Crippen molar-refractivity contribution in [3.05, 3.63) is 23.9 Å². The third-order valence-electron chi connectivity index (χ3n) is 3.30. The average Bonchev–Trinajstić information content (AvgIpc) is 2.55. The first-order valence-corrected chi connectivity index (χ1v) is 8.16. The smallest absolute Gasteiger partial charge is 0.409 e. The fourth-order valence-electron chi connectivity index (χ4n) is 2.16. The monoisotopic (exact) mass is 342 g/mol. The fourth-order valence-corrected chi connectivity index (χ4v) is 2.46. The van der Waals surface area contributed by atoms with Crippen LogP contribution in [0.5, 0.6) is 0 Å². The maximum absolute atomic E-state index is 12.4. The van der Waals surface area contributed by atoms with Gasteiger partial charge < -0.3 is 14.5 Å². The Hall–Kier alpha value is -2.20. The van der Waals surface area contributed by atoms with Crippen LogP contribution in [0.15, 0.2) is 18.3 Å². The van der Waals surface area contributed by atoms with Crippen molar-refractivity contribution >= 4 is 29.1 Å². The number of nitrogens with zero attached hydrogens (tertiary/aromatic N) is 3. The summed E-state index contributed by atoms with van der Waals surface area (Å²) in [7, 11) is 0. The van der Waals surface area contributed by atoms with Gasteiger partial charge in [0.25, 0.3) is 17.2 Å². The Bertz CT molecular complexity index is 587. The second-order valence-electron chi connectivity index (χ2n) is 4.76. The molecule has 1 aliphatic heterocycles. The summed E-state index contributed by atoms with van der Waals surface area (Å²) in [5.41, 5.74) is 0.379. The van der Waals surface area contributed by atoms with Crippen LogP contribution in [0.1, 0.15) is 17.3 Å². The predicted octanol–water partition coefficient (Wildman–Crippen LogP) is 0.544. The zero-order valence-corrected chi connectivity index (χ0v) is 13.4. The summed E-state index contributed by atoms with van der Waals surface area (Å²) in [6, 6.07) is 2.98. The van der Waals surface area contributed by atoms with E-state index in [0.717, 1.165) is 0 Å². The lowest BCUT2D eigenvalue weighted by Gasteiger charge is -2.34. The lowest BCUT2D eigenvalue weighted by molar-refractivity contribution is 0.0570. The van der Waals surface area contributed by atoms with Crippen molar-refractivity contribution in [1.82, 2.24) is 14.8 Å². The highest BCUT2D eigenvalue weighted by Gasteiger charge is 2.25. The van der Waals surface area contributed by atoms with Gasteiger partial charge in [-0.1, -0.05) is 0 Å². The van der Waals surface area contributed by atoms with Crippen LogP contribution in [-0.2, 0) is 16.0 Å². The molecule has 2 rings (SSSR count). The fraction of sp³-hybridized carbons (Fsp3) is 0.462. The van der Waals surface area contributed by atoms with Crippen LogP contribution < -0.4 is 4.72 Å². The molecule has 1 unspecified atom stereocenters. The number of rotatable bonds is 4. The lowest BCUT2D eigenvalue weighted by Crippen LogP contribution is -2.50. The average molecular weight is 342 g/mol. The highest BCUT2D eigenvalue weighted by Crippen LogP contribution is 2.11. The van der Waals surface area contributed by atoms with Crippen molar-refractivity contribution in [3.8, 4) is 0 Å². The van der Waals surface area contributed by atoms with Crippen LogP contribution in [0.25, 0.3) is 0 Å². The molecule has 0 radical (unpaired) electrons. The van der Waals surface area contributed by atoms with Crippen LogP contribution in [0.3, 0.4) is 0 Å². The summed E-state index contributed by atoms with van der Waals surface area (Å²) in [5.74, 6) is 0.00666. The number of nitrogens with one attached hydrogen (secondary N) is 1. The van der Waals surface area contributed by atoms with Crippen molar-refractivity contribution < 1.29 is 23.1 Å². The normalized spacial score (nSPS) is 15.9. The number of ether oxygens (including phenoxy) is 1. The van der Waals surface area contributed by atoms with E-state index in [0.29, 0.717) is 38.3 Å². The summed E-state index contributed by atoms with van der Waals surface area (Å²) in [6.07, 6.45) is 0.976. The molecule has 10 heteroatoms. The van der Waals surface area contributed by atoms with E-state index in [1.165, 1.54) is 18.3 Å². The Labute approximate surface area is 136 Å². The molecule has 2 N–H and O–H groups in total. The first-order chi connectivity index (χ1) is 11.0. The van der Waals surface area contributed by atoms with E-state index in [9.17, 15) is 13.8 Å². The van der Waals surface area contributed by atoms with E-state index >= 15 is 0 Å². The van der Waals surface area contributed by atoms with Gasteiger partial charge in [-0.3, -0.25) is 14.1 Å². The van der Waals surface area contributed by atoms with Crippen LogP contribution >= 0.6 is 0 Å². The zero-order chi connectivity index (χ0) is 16.8. The van der Waals surface area contributed by atoms with Gasteiger partial charge in [0.1, 0.15) is 5.82 Å². The minimum Gasteiger partial charge on any atom is -0.450 e. The van der Waals surface area contributed by atoms with Gasteiger partial charge in [0, 0.05) is 32.4 Å². The Morgan fingerprint density at radius 1 is 1.30 bits per heavy atom. The second kappa shape index (κ2) is 7.88. The van der Waals surface area contributed by atoms with E-state index in [-0.39, 0.29) is 17.8 Å². The summed E-state index contributed by atoms with van der Waals surface area (Å²) >= 11 is -2.21. The standard InChI is InChI=1S/C13H18N4O5S/c1-2-22-13(19)17-7-5-16(6-8-17)12(18)10-3-4-11(14-9-10)15-23(20)21/h3-4,9H,2,5-8H2,1H3,(H,14,15)(H,20,21). The Morgan fingerprint density at radius 3 is 2.48 bits per heavy atom. The maximum Gasteiger partial charge on any atom is 0.409 e. The summed E-state index contributed by atoms with van der Waals surface area (Å²) in [4.78, 5) is 31.1. The van der Waals surface area contributed by atoms with E-state index in [4.69, 9.17) is 9.29 Å². The maximum atomic E-state index is 12.4. The molecule has 0 bridgehead atoms. The van der Waals surface area contributed by atoms with Gasteiger partial charge in [0.05, 0.1) is 12.2 Å². The van der Waals surface area contributed by atoms with Gasteiger partial charge in [-0.2, -0.15) is 0 Å². The molecule has 1 saturated heterocycles. The second-order valence-corrected chi connectivity index (χ2v) is 5.46. The van der Waals surface area contributed by atoms with Crippen molar-refractivity contribution in [2.45, 2.75) is 6.92 Å². The van der Waals surface area contributed by atoms with E-state index in [1.807, 2.05) is 0 Å². The minimum absolute atomic E-state index is 0.197. The molecule has 2 amide bonds. The van der Waals surface area contributed by atoms with Crippen molar-refractivity contribution in [2.75, 3.05) is 37.5 Å². The van der Waals surface area contributed by atoms with Crippen LogP contribution in [0, 0.1) is 0 Å². The third kappa shape index (κ3) is 4.63. The van der Waals surface area contributed by atoms with E-state index in [1.54, 1.807) is 16.7 Å². The van der Waals surface area contributed by atoms with Crippen molar-refractivity contribution in [1.29, 1.82) is 0 Å². The SMILES string of the molecule is CCOC(=O)N1CCN(C(=O)c2ccc(NS(=O)O)nc2)CC1. The third-order valence-corrected chi connectivity index (χ3v) is 3.68. The van der Waals surface area contributed by atoms with Crippen LogP contribution in [0.4, 0.5) is 10.6 Å². The van der Waals surface area contributed by atoms with Gasteiger partial charge in [-0.05, 0) is 19.1 Å². The quantitative estimate of drug-likeness (QED) is 0.773. The van der Waals surface area contributed by atoms with Crippen LogP contribution in [0.2, 0.25) is 0 Å². The number of carbonyl (C=O) groups is 2. The lowest BCUT2D eigenvalue weighted by atomic mass is 10.2. The summed E-state index contributed by atoms with van der Waals surface area (Å²) in [5, 5.41) is 0. The molecule has 1 atom stereocenters. The highest BCUT2D eigenvalue weighted by atomic mass is 32.2. The van der Waals surface area contributed by atoms with Gasteiger partial charge in [0.15, 0.2) is 0 Å². The predicted molar refractivity (Wildman–Crippen MR) is 83.1 cm³/mol. The molecule has 0 spiro atoms. The van der Waals surface area contributed by atoms with Gasteiger partial charge in [-0.25, -0.2) is 14.0 Å². The Kier molecular flexibility index (Phi) is 5.88.